The predicted molar refractivity (Wildman–Crippen MR) is 65.8 cm³/mol. The molecule has 0 aromatic heterocycles. The highest BCUT2D eigenvalue weighted by Crippen LogP contribution is 2.30. The third-order valence-electron chi connectivity index (χ3n) is 2.98. The fraction of sp³-hybridized carbons (Fsp3) is 0.846. The Labute approximate surface area is 103 Å². The van der Waals surface area contributed by atoms with Gasteiger partial charge < -0.3 is 10.1 Å². The molecule has 0 bridgehead atoms. The minimum absolute atomic E-state index is 0.00255. The van der Waals surface area contributed by atoms with Gasteiger partial charge in [0.1, 0.15) is 5.60 Å². The summed E-state index contributed by atoms with van der Waals surface area (Å²) in [6.07, 6.45) is 3.81. The number of hydrogen-bond acceptors (Lipinski definition) is 3. The Kier molecular flexibility index (Phi) is 4.54. The van der Waals surface area contributed by atoms with E-state index in [1.807, 2.05) is 0 Å². The van der Waals surface area contributed by atoms with Gasteiger partial charge in [0.25, 0.3) is 0 Å². The van der Waals surface area contributed by atoms with Crippen LogP contribution in [-0.2, 0) is 9.53 Å². The van der Waals surface area contributed by atoms with Gasteiger partial charge in [0.2, 0.25) is 0 Å². The van der Waals surface area contributed by atoms with Crippen LogP contribution in [0.3, 0.4) is 0 Å². The van der Waals surface area contributed by atoms with Crippen LogP contribution in [0.1, 0.15) is 53.4 Å². The smallest absolute Gasteiger partial charge is 0.408 e. The second-order valence-corrected chi connectivity index (χ2v) is 5.84. The van der Waals surface area contributed by atoms with E-state index in [0.717, 1.165) is 6.42 Å². The number of nitrogens with one attached hydrogen (secondary N) is 1. The molecular weight excluding hydrogens is 218 g/mol. The number of ether oxygens (including phenoxy) is 1. The van der Waals surface area contributed by atoms with Gasteiger partial charge in [-0.3, -0.25) is 4.79 Å². The summed E-state index contributed by atoms with van der Waals surface area (Å²) in [6.45, 7) is 6.94. The Morgan fingerprint density at radius 1 is 1.35 bits per heavy atom. The average Bonchev–Trinajstić information content (AvgIpc) is 2.05. The van der Waals surface area contributed by atoms with Gasteiger partial charge >= 0.3 is 6.09 Å². The molecule has 1 N–H and O–H groups in total. The van der Waals surface area contributed by atoms with E-state index >= 15 is 0 Å². The number of Topliss-reactive ketones (excluding diaryl/α,β-unsaturated/α-hetero) is 1. The van der Waals surface area contributed by atoms with Crippen LogP contribution in [-0.4, -0.2) is 23.5 Å². The molecule has 0 radical (unpaired) electrons. The van der Waals surface area contributed by atoms with E-state index in [0.29, 0.717) is 5.92 Å². The van der Waals surface area contributed by atoms with Crippen LogP contribution in [0.25, 0.3) is 0 Å². The van der Waals surface area contributed by atoms with Crippen LogP contribution in [0.15, 0.2) is 0 Å². The van der Waals surface area contributed by atoms with Gasteiger partial charge in [-0.1, -0.05) is 19.3 Å². The Morgan fingerprint density at radius 3 is 2.29 bits per heavy atom. The summed E-state index contributed by atoms with van der Waals surface area (Å²) in [4.78, 5) is 23.0. The van der Waals surface area contributed by atoms with E-state index in [4.69, 9.17) is 4.74 Å². The van der Waals surface area contributed by atoms with Crippen molar-refractivity contribution >= 4 is 11.9 Å². The Bertz CT molecular complexity index is 290. The molecule has 0 unspecified atom stereocenters. The van der Waals surface area contributed by atoms with Crippen molar-refractivity contribution in [3.63, 3.8) is 0 Å². The molecule has 1 saturated carbocycles. The van der Waals surface area contributed by atoms with Gasteiger partial charge in [-0.05, 0) is 40.0 Å². The summed E-state index contributed by atoms with van der Waals surface area (Å²) < 4.78 is 5.15. The van der Waals surface area contributed by atoms with E-state index in [-0.39, 0.29) is 5.78 Å². The highest BCUT2D eigenvalue weighted by atomic mass is 16.6. The lowest BCUT2D eigenvalue weighted by Gasteiger charge is -2.29. The van der Waals surface area contributed by atoms with Crippen LogP contribution >= 0.6 is 0 Å². The van der Waals surface area contributed by atoms with E-state index in [2.05, 4.69) is 5.32 Å². The van der Waals surface area contributed by atoms with Crippen molar-refractivity contribution in [1.29, 1.82) is 0 Å². The van der Waals surface area contributed by atoms with E-state index < -0.39 is 17.7 Å². The summed E-state index contributed by atoms with van der Waals surface area (Å²) in [7, 11) is 0. The zero-order chi connectivity index (χ0) is 13.1. The van der Waals surface area contributed by atoms with Crippen molar-refractivity contribution in [3.05, 3.63) is 0 Å². The maximum Gasteiger partial charge on any atom is 0.408 e. The summed E-state index contributed by atoms with van der Waals surface area (Å²) in [6, 6.07) is -0.393. The molecule has 0 aliphatic heterocycles. The highest BCUT2D eigenvalue weighted by Gasteiger charge is 2.27. The van der Waals surface area contributed by atoms with Crippen LogP contribution in [0.4, 0.5) is 4.79 Å². The fourth-order valence-corrected chi connectivity index (χ4v) is 1.84. The van der Waals surface area contributed by atoms with Crippen molar-refractivity contribution in [2.45, 2.75) is 65.0 Å². The number of hydrogen-bond donors (Lipinski definition) is 1. The second kappa shape index (κ2) is 5.52. The quantitative estimate of drug-likeness (QED) is 0.823. The average molecular weight is 241 g/mol. The first kappa shape index (κ1) is 14.0. The molecule has 17 heavy (non-hydrogen) atoms. The molecule has 1 rings (SSSR count). The monoisotopic (exact) mass is 241 g/mol. The summed E-state index contributed by atoms with van der Waals surface area (Å²) in [5.41, 5.74) is -0.526. The number of amides is 1. The van der Waals surface area contributed by atoms with Crippen molar-refractivity contribution in [3.8, 4) is 0 Å². The number of alkyl carbamates (subject to hydrolysis) is 1. The molecule has 1 amide bonds. The molecule has 0 saturated heterocycles. The number of carbonyl (C=O) groups is 2. The Balaban J connectivity index is 2.42. The molecule has 1 atom stereocenters. The van der Waals surface area contributed by atoms with E-state index in [9.17, 15) is 9.59 Å². The SMILES string of the molecule is CC(=O)[C@H](CC1CCC1)NC(=O)OC(C)(C)C. The van der Waals surface area contributed by atoms with Gasteiger partial charge in [0.15, 0.2) is 5.78 Å². The summed E-state index contributed by atoms with van der Waals surface area (Å²) >= 11 is 0. The highest BCUT2D eigenvalue weighted by molar-refractivity contribution is 5.85. The summed E-state index contributed by atoms with van der Waals surface area (Å²) in [5.74, 6) is 0.585. The van der Waals surface area contributed by atoms with Crippen molar-refractivity contribution in [2.24, 2.45) is 5.92 Å². The molecule has 1 aliphatic rings. The molecule has 4 nitrogen and oxygen atoms in total. The van der Waals surface area contributed by atoms with Gasteiger partial charge in [-0.25, -0.2) is 4.79 Å². The van der Waals surface area contributed by atoms with Gasteiger partial charge in [0.05, 0.1) is 6.04 Å². The fourth-order valence-electron chi connectivity index (χ4n) is 1.84. The number of ketones is 1. The Hall–Kier alpha value is -1.06. The van der Waals surface area contributed by atoms with E-state index in [1.165, 1.54) is 26.2 Å². The zero-order valence-corrected chi connectivity index (χ0v) is 11.2. The largest absolute Gasteiger partial charge is 0.444 e. The van der Waals surface area contributed by atoms with Gasteiger partial charge in [-0.2, -0.15) is 0 Å². The number of carbonyl (C=O) groups excluding carboxylic acids is 2. The van der Waals surface area contributed by atoms with Gasteiger partial charge in [0, 0.05) is 0 Å². The topological polar surface area (TPSA) is 55.4 Å². The lowest BCUT2D eigenvalue weighted by atomic mass is 9.80. The lowest BCUT2D eigenvalue weighted by molar-refractivity contribution is -0.119. The van der Waals surface area contributed by atoms with Crippen LogP contribution in [0.2, 0.25) is 0 Å². The molecule has 98 valence electrons. The molecule has 4 heteroatoms. The maximum absolute atomic E-state index is 11.6. The first-order valence-electron chi connectivity index (χ1n) is 6.28. The second-order valence-electron chi connectivity index (χ2n) is 5.84. The van der Waals surface area contributed by atoms with Crippen LogP contribution < -0.4 is 5.32 Å². The van der Waals surface area contributed by atoms with Crippen molar-refractivity contribution < 1.29 is 14.3 Å². The molecule has 0 aromatic carbocycles. The molecule has 0 aromatic rings. The molecular formula is C13H23NO3. The number of rotatable bonds is 4. The zero-order valence-electron chi connectivity index (χ0n) is 11.2. The molecule has 1 aliphatic carbocycles. The predicted octanol–water partition coefficient (Wildman–Crippen LogP) is 2.66. The molecule has 1 fully saturated rings. The maximum atomic E-state index is 11.6. The molecule has 0 spiro atoms. The first-order chi connectivity index (χ1) is 7.78. The third-order valence-corrected chi connectivity index (χ3v) is 2.98. The normalized spacial score (nSPS) is 18.1. The standard InChI is InChI=1S/C13H23NO3/c1-9(15)11(8-10-6-5-7-10)14-12(16)17-13(2,3)4/h10-11H,5-8H2,1-4H3,(H,14,16)/t11-/m0/s1. The molecule has 0 heterocycles. The Morgan fingerprint density at radius 2 is 1.94 bits per heavy atom. The van der Waals surface area contributed by atoms with Gasteiger partial charge in [-0.15, -0.1) is 0 Å². The summed E-state index contributed by atoms with van der Waals surface area (Å²) in [5, 5.41) is 2.66. The van der Waals surface area contributed by atoms with Crippen LogP contribution in [0, 0.1) is 5.92 Å². The van der Waals surface area contributed by atoms with Crippen molar-refractivity contribution in [2.75, 3.05) is 0 Å². The first-order valence-corrected chi connectivity index (χ1v) is 6.28. The minimum atomic E-state index is -0.526. The lowest BCUT2D eigenvalue weighted by Crippen LogP contribution is -2.44. The van der Waals surface area contributed by atoms with Crippen LogP contribution in [0.5, 0.6) is 0 Å². The third kappa shape index (κ3) is 5.20. The van der Waals surface area contributed by atoms with E-state index in [1.54, 1.807) is 20.8 Å². The van der Waals surface area contributed by atoms with Crippen molar-refractivity contribution in [1.82, 2.24) is 5.32 Å². The minimum Gasteiger partial charge on any atom is -0.444 e.